The van der Waals surface area contributed by atoms with E-state index in [2.05, 4.69) is 255 Å². The van der Waals surface area contributed by atoms with E-state index in [9.17, 15) is 5.26 Å². The molecule has 0 bridgehead atoms. The molecule has 3 aliphatic carbocycles. The first-order chi connectivity index (χ1) is 40.0. The van der Waals surface area contributed by atoms with Crippen molar-refractivity contribution in [2.24, 2.45) is 0 Å². The summed E-state index contributed by atoms with van der Waals surface area (Å²) in [6.45, 7) is 0. The van der Waals surface area contributed by atoms with Crippen LogP contribution in [-0.4, -0.2) is 9.97 Å². The second-order valence-electron chi connectivity index (χ2n) is 20.6. The van der Waals surface area contributed by atoms with Crippen molar-refractivity contribution >= 4 is 33.0 Å². The first kappa shape index (κ1) is 49.1. The summed E-state index contributed by atoms with van der Waals surface area (Å²) in [6, 6.07) is 98.8. The summed E-state index contributed by atoms with van der Waals surface area (Å²) >= 11 is 3.46. The Balaban J connectivity index is 0.000000122. The van der Waals surface area contributed by atoms with Crippen LogP contribution < -0.4 is 4.90 Å². The van der Waals surface area contributed by atoms with Crippen molar-refractivity contribution in [2.75, 3.05) is 4.90 Å². The molecule has 81 heavy (non-hydrogen) atoms. The number of pyridine rings is 2. The number of nitriles is 2. The molecule has 3 heterocycles. The van der Waals surface area contributed by atoms with Crippen LogP contribution in [0.3, 0.4) is 0 Å². The lowest BCUT2D eigenvalue weighted by Gasteiger charge is -2.45. The van der Waals surface area contributed by atoms with Crippen LogP contribution in [0.15, 0.2) is 284 Å². The molecule has 6 heteroatoms. The lowest BCUT2D eigenvalue weighted by Crippen LogP contribution is -2.36. The zero-order valence-corrected chi connectivity index (χ0v) is 45.5. The Morgan fingerprint density at radius 1 is 0.333 bits per heavy atom. The zero-order chi connectivity index (χ0) is 54.5. The Labute approximate surface area is 480 Å². The summed E-state index contributed by atoms with van der Waals surface area (Å²) in [5.41, 5.74) is 26.5. The minimum atomic E-state index is -0.440. The zero-order valence-electron chi connectivity index (χ0n) is 43.9. The lowest BCUT2D eigenvalue weighted by atomic mass is 9.61. The molecular formula is C75H48BrN5. The highest BCUT2D eigenvalue weighted by molar-refractivity contribution is 9.10. The maximum Gasteiger partial charge on any atom is 0.0992 e. The fourth-order valence-corrected chi connectivity index (χ4v) is 13.9. The van der Waals surface area contributed by atoms with Gasteiger partial charge in [-0.3, -0.25) is 9.97 Å². The molecule has 0 radical (unpaired) electrons. The van der Waals surface area contributed by atoms with E-state index in [1.165, 1.54) is 77.9 Å². The van der Waals surface area contributed by atoms with Gasteiger partial charge in [-0.2, -0.15) is 10.5 Å². The highest BCUT2D eigenvalue weighted by atomic mass is 79.9. The smallest absolute Gasteiger partial charge is 0.0992 e. The van der Waals surface area contributed by atoms with Crippen LogP contribution in [0.25, 0.3) is 44.8 Å². The molecule has 10 aromatic carbocycles. The molecule has 16 rings (SSSR count). The summed E-state index contributed by atoms with van der Waals surface area (Å²) in [5, 5.41) is 18.4. The van der Waals surface area contributed by atoms with Crippen LogP contribution in [0.1, 0.15) is 66.8 Å². The van der Waals surface area contributed by atoms with Gasteiger partial charge in [-0.1, -0.05) is 234 Å². The number of benzene rings is 10. The minimum Gasteiger partial charge on any atom is -0.309 e. The molecule has 0 amide bonds. The number of nitrogens with zero attached hydrogens (tertiary/aromatic N) is 5. The topological polar surface area (TPSA) is 76.6 Å². The predicted octanol–water partition coefficient (Wildman–Crippen LogP) is 18.1. The number of rotatable bonds is 3. The average Bonchev–Trinajstić information content (AvgIpc) is 4.24. The number of hydrogen-bond acceptors (Lipinski definition) is 5. The summed E-state index contributed by atoms with van der Waals surface area (Å²) in [7, 11) is 0. The van der Waals surface area contributed by atoms with Crippen molar-refractivity contribution in [3.63, 3.8) is 0 Å². The number of fused-ring (bicyclic) bond motifs is 18. The number of anilines is 3. The third kappa shape index (κ3) is 7.71. The van der Waals surface area contributed by atoms with E-state index in [0.29, 0.717) is 11.1 Å². The molecule has 0 fully saturated rings. The molecule has 2 spiro atoms. The molecule has 0 atom stereocenters. The van der Waals surface area contributed by atoms with Crippen LogP contribution in [0.4, 0.5) is 17.1 Å². The van der Waals surface area contributed by atoms with E-state index in [1.807, 2.05) is 36.4 Å². The van der Waals surface area contributed by atoms with E-state index in [4.69, 9.17) is 5.26 Å². The maximum atomic E-state index is 9.58. The van der Waals surface area contributed by atoms with Crippen molar-refractivity contribution < 1.29 is 0 Å². The normalized spacial score (nSPS) is 13.3. The van der Waals surface area contributed by atoms with Gasteiger partial charge in [-0.15, -0.1) is 0 Å². The lowest BCUT2D eigenvalue weighted by molar-refractivity contribution is 0.722. The molecule has 0 unspecified atom stereocenters. The molecule has 380 valence electrons. The highest BCUT2D eigenvalue weighted by Gasteiger charge is 2.52. The van der Waals surface area contributed by atoms with Gasteiger partial charge in [-0.05, 0) is 133 Å². The molecule has 4 aliphatic rings. The van der Waals surface area contributed by atoms with Crippen LogP contribution in [0.2, 0.25) is 0 Å². The minimum absolute atomic E-state index is 0.196. The molecule has 2 aromatic heterocycles. The van der Waals surface area contributed by atoms with Gasteiger partial charge in [0.25, 0.3) is 0 Å². The molecule has 12 aromatic rings. The Morgan fingerprint density at radius 2 is 0.654 bits per heavy atom. The third-order valence-electron chi connectivity index (χ3n) is 16.6. The first-order valence-electron chi connectivity index (χ1n) is 27.1. The van der Waals surface area contributed by atoms with Gasteiger partial charge in [0.1, 0.15) is 0 Å². The Kier molecular flexibility index (Phi) is 12.2. The largest absolute Gasteiger partial charge is 0.309 e. The van der Waals surface area contributed by atoms with Crippen molar-refractivity contribution in [1.29, 1.82) is 10.5 Å². The number of aromatic nitrogens is 2. The summed E-state index contributed by atoms with van der Waals surface area (Å²) in [4.78, 5) is 11.3. The molecule has 0 N–H and O–H groups in total. The second kappa shape index (κ2) is 20.2. The number of halogens is 1. The molecule has 0 saturated carbocycles. The third-order valence-corrected chi connectivity index (χ3v) is 17.3. The Bertz CT molecular complexity index is 4360. The monoisotopic (exact) mass is 1100 g/mol. The van der Waals surface area contributed by atoms with Crippen molar-refractivity contribution in [1.82, 2.24) is 9.97 Å². The first-order valence-corrected chi connectivity index (χ1v) is 27.9. The second-order valence-corrected chi connectivity index (χ2v) is 21.5. The van der Waals surface area contributed by atoms with Crippen LogP contribution >= 0.6 is 15.9 Å². The standard InChI is InChI=1S/C37H23N3.C26H18.C12H7BrN2/c38-24-25-21-22-39-33(23-25)28-13-3-8-18-34(28)40-35-19-9-6-16-31(35)37(32-17-7-10-20-36(32)40)29-14-4-1-11-26(29)27-12-2-5-15-30(27)37;1-5-13-22-18(9-1)17-19-10-2-6-14-23(19)26(22)24-15-7-3-11-20(24)21-12-4-8-16-25(21)26;13-11-4-2-1-3-10(11)12-7-9(8-14)5-6-15-12/h1-23H;1-16H,17H2;1-7H. The van der Waals surface area contributed by atoms with Gasteiger partial charge in [0.2, 0.25) is 0 Å². The fourth-order valence-electron chi connectivity index (χ4n) is 13.4. The van der Waals surface area contributed by atoms with Gasteiger partial charge in [0.05, 0.1) is 62.5 Å². The number of para-hydroxylation sites is 3. The highest BCUT2D eigenvalue weighted by Crippen LogP contribution is 2.64. The fraction of sp³-hybridized carbons (Fsp3) is 0.0400. The van der Waals surface area contributed by atoms with E-state index >= 15 is 0 Å². The maximum absolute atomic E-state index is 9.58. The van der Waals surface area contributed by atoms with Gasteiger partial charge in [0.15, 0.2) is 0 Å². The molecule has 5 nitrogen and oxygen atoms in total. The van der Waals surface area contributed by atoms with E-state index in [0.717, 1.165) is 50.5 Å². The van der Waals surface area contributed by atoms with Crippen LogP contribution in [0.5, 0.6) is 0 Å². The van der Waals surface area contributed by atoms with E-state index < -0.39 is 5.41 Å². The van der Waals surface area contributed by atoms with E-state index in [-0.39, 0.29) is 5.41 Å². The predicted molar refractivity (Wildman–Crippen MR) is 329 cm³/mol. The Morgan fingerprint density at radius 3 is 1.09 bits per heavy atom. The van der Waals surface area contributed by atoms with Gasteiger partial charge in [0, 0.05) is 28.0 Å². The van der Waals surface area contributed by atoms with Crippen LogP contribution in [0, 0.1) is 22.7 Å². The van der Waals surface area contributed by atoms with Crippen molar-refractivity contribution in [3.8, 4) is 56.9 Å². The summed E-state index contributed by atoms with van der Waals surface area (Å²) in [5.74, 6) is 0. The van der Waals surface area contributed by atoms with Crippen LogP contribution in [-0.2, 0) is 17.3 Å². The SMILES string of the molecule is N#Cc1ccnc(-c2ccccc2Br)c1.N#Cc1ccnc(-c2ccccc2N2c3ccccc3C3(c4ccccc4-c4ccccc43)c3ccccc32)c1.c1ccc2c(c1)Cc1ccccc1C21c2ccccc2-c2ccccc21. The van der Waals surface area contributed by atoms with Crippen molar-refractivity contribution in [2.45, 2.75) is 17.3 Å². The number of hydrogen-bond donors (Lipinski definition) is 0. The molecule has 1 aliphatic heterocycles. The quantitative estimate of drug-likeness (QED) is 0.176. The molecule has 0 saturated heterocycles. The van der Waals surface area contributed by atoms with Gasteiger partial charge < -0.3 is 4.90 Å². The van der Waals surface area contributed by atoms with Crippen molar-refractivity contribution in [3.05, 3.63) is 351 Å². The molecular weight excluding hydrogens is 1050 g/mol. The summed E-state index contributed by atoms with van der Waals surface area (Å²) < 4.78 is 0.979. The Hall–Kier alpha value is -10.2. The average molecular weight is 1100 g/mol. The van der Waals surface area contributed by atoms with Gasteiger partial charge in [-0.25, -0.2) is 0 Å². The summed E-state index contributed by atoms with van der Waals surface area (Å²) in [6.07, 6.45) is 4.37. The van der Waals surface area contributed by atoms with E-state index in [1.54, 1.807) is 30.6 Å². The van der Waals surface area contributed by atoms with Gasteiger partial charge >= 0.3 is 0 Å².